The molecule has 1 rings (SSSR count). The van der Waals surface area contributed by atoms with Crippen LogP contribution in [0.4, 0.5) is 0 Å². The molecular formula is C11H15N3O3. The van der Waals surface area contributed by atoms with Crippen LogP contribution in [0.5, 0.6) is 5.75 Å². The normalized spacial score (nSPS) is 9.47. The Bertz CT molecular complexity index is 407. The van der Waals surface area contributed by atoms with E-state index in [2.05, 4.69) is 10.6 Å². The topological polar surface area (TPSA) is 94.4 Å². The Morgan fingerprint density at radius 3 is 2.82 bits per heavy atom. The van der Waals surface area contributed by atoms with Crippen molar-refractivity contribution in [2.24, 2.45) is 0 Å². The number of rotatable bonds is 4. The Morgan fingerprint density at radius 1 is 1.47 bits per heavy atom. The summed E-state index contributed by atoms with van der Waals surface area (Å²) in [5.74, 6) is -0.530. The molecule has 0 aliphatic rings. The van der Waals surface area contributed by atoms with Crippen LogP contribution in [0.15, 0.2) is 24.3 Å². The zero-order chi connectivity index (χ0) is 12.7. The molecule has 0 fully saturated rings. The number of esters is 1. The van der Waals surface area contributed by atoms with Crippen molar-refractivity contribution in [2.75, 3.05) is 20.2 Å². The molecule has 6 heteroatoms. The van der Waals surface area contributed by atoms with E-state index in [1.165, 1.54) is 12.1 Å². The maximum absolute atomic E-state index is 11.5. The molecule has 0 radical (unpaired) electrons. The third kappa shape index (κ3) is 4.02. The Balaban J connectivity index is 2.36. The average Bonchev–Trinajstić information content (AvgIpc) is 2.34. The van der Waals surface area contributed by atoms with Gasteiger partial charge in [-0.15, -0.1) is 0 Å². The van der Waals surface area contributed by atoms with E-state index in [0.717, 1.165) is 0 Å². The van der Waals surface area contributed by atoms with Crippen LogP contribution in [0.25, 0.3) is 0 Å². The highest BCUT2D eigenvalue weighted by molar-refractivity contribution is 5.92. The van der Waals surface area contributed by atoms with Crippen molar-refractivity contribution in [3.05, 3.63) is 29.8 Å². The summed E-state index contributed by atoms with van der Waals surface area (Å²) in [5, 5.41) is 21.9. The SMILES string of the molecule is CNC(=N)NCCOC(=O)c1ccccc1O. The highest BCUT2D eigenvalue weighted by Crippen LogP contribution is 2.16. The van der Waals surface area contributed by atoms with Crippen molar-refractivity contribution in [1.29, 1.82) is 5.41 Å². The van der Waals surface area contributed by atoms with Crippen LogP contribution in [0.2, 0.25) is 0 Å². The summed E-state index contributed by atoms with van der Waals surface area (Å²) < 4.78 is 4.92. The summed E-state index contributed by atoms with van der Waals surface area (Å²) in [5.41, 5.74) is 0.135. The second-order valence-corrected chi connectivity index (χ2v) is 3.20. The molecule has 0 aliphatic heterocycles. The highest BCUT2D eigenvalue weighted by atomic mass is 16.5. The average molecular weight is 237 g/mol. The summed E-state index contributed by atoms with van der Waals surface area (Å²) in [6.45, 7) is 0.455. The number of carbonyl (C=O) groups is 1. The molecule has 0 atom stereocenters. The molecule has 92 valence electrons. The van der Waals surface area contributed by atoms with Crippen LogP contribution in [0.3, 0.4) is 0 Å². The van der Waals surface area contributed by atoms with E-state index in [9.17, 15) is 9.90 Å². The summed E-state index contributed by atoms with van der Waals surface area (Å²) in [6.07, 6.45) is 0. The minimum atomic E-state index is -0.583. The quantitative estimate of drug-likeness (QED) is 0.261. The van der Waals surface area contributed by atoms with Crippen molar-refractivity contribution in [3.63, 3.8) is 0 Å². The molecule has 0 aliphatic carbocycles. The number of aromatic hydroxyl groups is 1. The van der Waals surface area contributed by atoms with Gasteiger partial charge in [-0.25, -0.2) is 4.79 Å². The van der Waals surface area contributed by atoms with E-state index in [1.807, 2.05) is 0 Å². The molecule has 0 saturated heterocycles. The monoisotopic (exact) mass is 237 g/mol. The van der Waals surface area contributed by atoms with Crippen molar-refractivity contribution in [2.45, 2.75) is 0 Å². The molecule has 0 aromatic heterocycles. The molecule has 0 amide bonds. The highest BCUT2D eigenvalue weighted by Gasteiger charge is 2.10. The summed E-state index contributed by atoms with van der Waals surface area (Å²) in [6, 6.07) is 6.18. The Hall–Kier alpha value is -2.24. The predicted octanol–water partition coefficient (Wildman–Crippen LogP) is 0.293. The molecular weight excluding hydrogens is 222 g/mol. The Labute approximate surface area is 99.1 Å². The fraction of sp³-hybridized carbons (Fsp3) is 0.273. The standard InChI is InChI=1S/C11H15N3O3/c1-13-11(12)14-6-7-17-10(16)8-4-2-3-5-9(8)15/h2-5,15H,6-7H2,1H3,(H3,12,13,14). The number of nitrogens with one attached hydrogen (secondary N) is 3. The van der Waals surface area contributed by atoms with E-state index < -0.39 is 5.97 Å². The van der Waals surface area contributed by atoms with Gasteiger partial charge >= 0.3 is 5.97 Å². The Kier molecular flexibility index (Phi) is 4.80. The first-order valence-electron chi connectivity index (χ1n) is 5.10. The third-order valence-corrected chi connectivity index (χ3v) is 2.01. The molecule has 6 nitrogen and oxygen atoms in total. The second kappa shape index (κ2) is 6.37. The van der Waals surface area contributed by atoms with Gasteiger partial charge in [-0.05, 0) is 12.1 Å². The van der Waals surface area contributed by atoms with Gasteiger partial charge in [0.2, 0.25) is 0 Å². The molecule has 1 aromatic carbocycles. The number of phenolic OH excluding ortho intramolecular Hbond substituents is 1. The lowest BCUT2D eigenvalue weighted by molar-refractivity contribution is 0.0509. The van der Waals surface area contributed by atoms with Crippen LogP contribution in [-0.4, -0.2) is 37.2 Å². The largest absolute Gasteiger partial charge is 0.507 e. The van der Waals surface area contributed by atoms with Crippen LogP contribution in [0.1, 0.15) is 10.4 Å². The number of benzene rings is 1. The molecule has 0 unspecified atom stereocenters. The number of para-hydroxylation sites is 1. The molecule has 17 heavy (non-hydrogen) atoms. The summed E-state index contributed by atoms with van der Waals surface area (Å²) in [7, 11) is 1.61. The summed E-state index contributed by atoms with van der Waals surface area (Å²) >= 11 is 0. The van der Waals surface area contributed by atoms with Crippen LogP contribution in [-0.2, 0) is 4.74 Å². The lowest BCUT2D eigenvalue weighted by atomic mass is 10.2. The molecule has 1 aromatic rings. The second-order valence-electron chi connectivity index (χ2n) is 3.20. The van der Waals surface area contributed by atoms with Gasteiger partial charge in [0.05, 0.1) is 6.54 Å². The van der Waals surface area contributed by atoms with Crippen LogP contribution < -0.4 is 10.6 Å². The maximum Gasteiger partial charge on any atom is 0.341 e. The third-order valence-electron chi connectivity index (χ3n) is 2.01. The van der Waals surface area contributed by atoms with Gasteiger partial charge in [0.25, 0.3) is 0 Å². The van der Waals surface area contributed by atoms with E-state index in [0.29, 0.717) is 6.54 Å². The van der Waals surface area contributed by atoms with Gasteiger partial charge in [0, 0.05) is 7.05 Å². The summed E-state index contributed by atoms with van der Waals surface area (Å²) in [4.78, 5) is 11.5. The van der Waals surface area contributed by atoms with Gasteiger partial charge < -0.3 is 20.5 Å². The molecule has 0 spiro atoms. The van der Waals surface area contributed by atoms with E-state index in [1.54, 1.807) is 19.2 Å². The minimum absolute atomic E-state index is 0.103. The van der Waals surface area contributed by atoms with Gasteiger partial charge in [0.1, 0.15) is 17.9 Å². The molecule has 0 saturated carbocycles. The number of guanidine groups is 1. The van der Waals surface area contributed by atoms with E-state index >= 15 is 0 Å². The van der Waals surface area contributed by atoms with Crippen molar-refractivity contribution >= 4 is 11.9 Å². The van der Waals surface area contributed by atoms with E-state index in [-0.39, 0.29) is 23.9 Å². The molecule has 0 bridgehead atoms. The Morgan fingerprint density at radius 2 is 2.18 bits per heavy atom. The predicted molar refractivity (Wildman–Crippen MR) is 63.2 cm³/mol. The van der Waals surface area contributed by atoms with Crippen LogP contribution in [0, 0.1) is 5.41 Å². The fourth-order valence-corrected chi connectivity index (χ4v) is 1.13. The first-order valence-corrected chi connectivity index (χ1v) is 5.10. The zero-order valence-electron chi connectivity index (χ0n) is 9.49. The smallest absolute Gasteiger partial charge is 0.341 e. The van der Waals surface area contributed by atoms with Crippen molar-refractivity contribution in [3.8, 4) is 5.75 Å². The van der Waals surface area contributed by atoms with Gasteiger partial charge in [0.15, 0.2) is 5.96 Å². The number of ether oxygens (including phenoxy) is 1. The molecule has 0 heterocycles. The maximum atomic E-state index is 11.5. The lowest BCUT2D eigenvalue weighted by Gasteiger charge is -2.08. The fourth-order valence-electron chi connectivity index (χ4n) is 1.13. The van der Waals surface area contributed by atoms with Crippen molar-refractivity contribution < 1.29 is 14.6 Å². The van der Waals surface area contributed by atoms with Crippen molar-refractivity contribution in [1.82, 2.24) is 10.6 Å². The minimum Gasteiger partial charge on any atom is -0.507 e. The number of phenols is 1. The zero-order valence-corrected chi connectivity index (χ0v) is 9.49. The first kappa shape index (κ1) is 12.8. The first-order chi connectivity index (χ1) is 8.15. The van der Waals surface area contributed by atoms with Gasteiger partial charge in [-0.2, -0.15) is 0 Å². The van der Waals surface area contributed by atoms with Gasteiger partial charge in [-0.3, -0.25) is 5.41 Å². The lowest BCUT2D eigenvalue weighted by Crippen LogP contribution is -2.36. The number of hydrogen-bond acceptors (Lipinski definition) is 4. The van der Waals surface area contributed by atoms with E-state index in [4.69, 9.17) is 10.1 Å². The molecule has 4 N–H and O–H groups in total. The van der Waals surface area contributed by atoms with Crippen LogP contribution >= 0.6 is 0 Å². The van der Waals surface area contributed by atoms with Gasteiger partial charge in [-0.1, -0.05) is 12.1 Å². The number of hydrogen-bond donors (Lipinski definition) is 4. The number of carbonyl (C=O) groups excluding carboxylic acids is 1.